The summed E-state index contributed by atoms with van der Waals surface area (Å²) in [5.41, 5.74) is -0.720. The molecule has 2 aliphatic rings. The minimum atomic E-state index is -1.07. The maximum atomic E-state index is 14.3. The van der Waals surface area contributed by atoms with E-state index >= 15 is 0 Å². The number of rotatable bonds is 4. The third-order valence-corrected chi connectivity index (χ3v) is 6.65. The van der Waals surface area contributed by atoms with Crippen molar-refractivity contribution in [2.75, 3.05) is 13.1 Å². The van der Waals surface area contributed by atoms with E-state index in [1.165, 1.54) is 31.7 Å². The number of halogens is 1. The van der Waals surface area contributed by atoms with Gasteiger partial charge in [-0.05, 0) is 69.5 Å². The van der Waals surface area contributed by atoms with Crippen molar-refractivity contribution in [3.63, 3.8) is 0 Å². The van der Waals surface area contributed by atoms with Crippen LogP contribution in [0.2, 0.25) is 0 Å². The van der Waals surface area contributed by atoms with Crippen LogP contribution < -0.4 is 0 Å². The Morgan fingerprint density at radius 1 is 1.16 bits per heavy atom. The Morgan fingerprint density at radius 3 is 2.28 bits per heavy atom. The van der Waals surface area contributed by atoms with E-state index in [4.69, 9.17) is 0 Å². The number of carboxylic acids is 1. The van der Waals surface area contributed by atoms with Crippen molar-refractivity contribution < 1.29 is 14.3 Å². The van der Waals surface area contributed by atoms with Gasteiger partial charge >= 0.3 is 5.97 Å². The number of hydrogen-bond acceptors (Lipinski definition) is 2. The van der Waals surface area contributed by atoms with Crippen molar-refractivity contribution in [1.29, 1.82) is 0 Å². The predicted octanol–water partition coefficient (Wildman–Crippen LogP) is 4.46. The molecule has 25 heavy (non-hydrogen) atoms. The Bertz CT molecular complexity index is 600. The highest BCUT2D eigenvalue weighted by Crippen LogP contribution is 2.40. The first-order chi connectivity index (χ1) is 11.9. The van der Waals surface area contributed by atoms with Crippen molar-refractivity contribution in [3.8, 4) is 0 Å². The first-order valence-electron chi connectivity index (χ1n) is 9.66. The Balaban J connectivity index is 1.68. The Hall–Kier alpha value is -1.42. The molecule has 0 spiro atoms. The van der Waals surface area contributed by atoms with Gasteiger partial charge in [0.25, 0.3) is 0 Å². The van der Waals surface area contributed by atoms with Crippen LogP contribution in [0.1, 0.15) is 57.9 Å². The fraction of sp³-hybridized carbons (Fsp3) is 0.667. The van der Waals surface area contributed by atoms with Gasteiger partial charge in [-0.3, -0.25) is 4.79 Å². The molecule has 1 aromatic rings. The van der Waals surface area contributed by atoms with Gasteiger partial charge in [-0.15, -0.1) is 0 Å². The summed E-state index contributed by atoms with van der Waals surface area (Å²) >= 11 is 0. The van der Waals surface area contributed by atoms with E-state index in [1.54, 1.807) is 18.2 Å². The van der Waals surface area contributed by atoms with Crippen molar-refractivity contribution in [2.24, 2.45) is 11.8 Å². The zero-order chi connectivity index (χ0) is 18.0. The minimum absolute atomic E-state index is 0.352. The van der Waals surface area contributed by atoms with Crippen LogP contribution in [-0.4, -0.2) is 35.1 Å². The summed E-state index contributed by atoms with van der Waals surface area (Å²) < 4.78 is 14.3. The molecule has 0 radical (unpaired) electrons. The van der Waals surface area contributed by atoms with Crippen LogP contribution in [0.15, 0.2) is 24.3 Å². The third-order valence-electron chi connectivity index (χ3n) is 6.65. The standard InChI is InChI=1S/C21H30FNO2/c1-15(2)16-7-9-17(10-8-16)23-13-11-21(12-14-23,20(24)25)18-5-3-4-6-19(18)22/h3-6,15-17H,7-14H2,1-2H3,(H,24,25). The van der Waals surface area contributed by atoms with Crippen LogP contribution in [0.25, 0.3) is 0 Å². The number of carbonyl (C=O) groups is 1. The Morgan fingerprint density at radius 2 is 1.76 bits per heavy atom. The Kier molecular flexibility index (Phi) is 5.47. The van der Waals surface area contributed by atoms with E-state index in [1.807, 2.05) is 0 Å². The zero-order valence-electron chi connectivity index (χ0n) is 15.4. The van der Waals surface area contributed by atoms with Gasteiger partial charge in [0, 0.05) is 11.6 Å². The van der Waals surface area contributed by atoms with Crippen molar-refractivity contribution in [1.82, 2.24) is 4.90 Å². The lowest BCUT2D eigenvalue weighted by atomic mass is 9.71. The molecule has 1 aliphatic carbocycles. The second-order valence-corrected chi connectivity index (χ2v) is 8.22. The van der Waals surface area contributed by atoms with Gasteiger partial charge in [0.05, 0.1) is 5.41 Å². The van der Waals surface area contributed by atoms with E-state index in [9.17, 15) is 14.3 Å². The second kappa shape index (κ2) is 7.45. The number of hydrogen-bond donors (Lipinski definition) is 1. The van der Waals surface area contributed by atoms with Gasteiger partial charge in [0.15, 0.2) is 0 Å². The van der Waals surface area contributed by atoms with Crippen molar-refractivity contribution in [2.45, 2.75) is 63.8 Å². The molecule has 2 fully saturated rings. The highest BCUT2D eigenvalue weighted by molar-refractivity contribution is 5.81. The fourth-order valence-corrected chi connectivity index (χ4v) is 4.85. The summed E-state index contributed by atoms with van der Waals surface area (Å²) in [4.78, 5) is 14.5. The molecule has 1 saturated heterocycles. The number of aliphatic carboxylic acids is 1. The maximum absolute atomic E-state index is 14.3. The van der Waals surface area contributed by atoms with Crippen LogP contribution in [0, 0.1) is 17.7 Å². The monoisotopic (exact) mass is 347 g/mol. The number of benzene rings is 1. The van der Waals surface area contributed by atoms with Crippen molar-refractivity contribution >= 4 is 5.97 Å². The van der Waals surface area contributed by atoms with Gasteiger partial charge in [0.2, 0.25) is 0 Å². The summed E-state index contributed by atoms with van der Waals surface area (Å²) in [6.07, 6.45) is 5.96. The molecule has 1 aliphatic heterocycles. The minimum Gasteiger partial charge on any atom is -0.481 e. The van der Waals surface area contributed by atoms with E-state index in [0.29, 0.717) is 24.4 Å². The molecule has 1 aromatic carbocycles. The molecular weight excluding hydrogens is 317 g/mol. The number of piperidine rings is 1. The van der Waals surface area contributed by atoms with Crippen LogP contribution in [0.4, 0.5) is 4.39 Å². The zero-order valence-corrected chi connectivity index (χ0v) is 15.4. The quantitative estimate of drug-likeness (QED) is 0.874. The van der Waals surface area contributed by atoms with E-state index in [-0.39, 0.29) is 0 Å². The van der Waals surface area contributed by atoms with E-state index in [0.717, 1.165) is 24.9 Å². The van der Waals surface area contributed by atoms with E-state index < -0.39 is 17.2 Å². The maximum Gasteiger partial charge on any atom is 0.314 e. The van der Waals surface area contributed by atoms with Gasteiger partial charge < -0.3 is 10.0 Å². The van der Waals surface area contributed by atoms with Crippen LogP contribution in [0.5, 0.6) is 0 Å². The van der Waals surface area contributed by atoms with Crippen molar-refractivity contribution in [3.05, 3.63) is 35.6 Å². The summed E-state index contributed by atoms with van der Waals surface area (Å²) in [6, 6.07) is 6.95. The predicted molar refractivity (Wildman–Crippen MR) is 97.1 cm³/mol. The first-order valence-corrected chi connectivity index (χ1v) is 9.66. The van der Waals surface area contributed by atoms with E-state index in [2.05, 4.69) is 18.7 Å². The molecule has 0 bridgehead atoms. The van der Waals surface area contributed by atoms with Gasteiger partial charge in [-0.25, -0.2) is 4.39 Å². The lowest BCUT2D eigenvalue weighted by Gasteiger charge is -2.44. The molecule has 3 rings (SSSR count). The molecule has 0 atom stereocenters. The number of likely N-dealkylation sites (tertiary alicyclic amines) is 1. The van der Waals surface area contributed by atoms with Crippen LogP contribution >= 0.6 is 0 Å². The molecule has 0 aromatic heterocycles. The smallest absolute Gasteiger partial charge is 0.314 e. The highest BCUT2D eigenvalue weighted by atomic mass is 19.1. The molecule has 3 nitrogen and oxygen atoms in total. The Labute approximate surface area is 150 Å². The summed E-state index contributed by atoms with van der Waals surface area (Å²) in [5, 5.41) is 9.87. The van der Waals surface area contributed by atoms with Gasteiger partial charge in [0.1, 0.15) is 5.82 Å². The highest BCUT2D eigenvalue weighted by Gasteiger charge is 2.45. The number of nitrogens with zero attached hydrogens (tertiary/aromatic N) is 1. The summed E-state index contributed by atoms with van der Waals surface area (Å²) in [5.74, 6) is 0.303. The fourth-order valence-electron chi connectivity index (χ4n) is 4.85. The van der Waals surface area contributed by atoms with Gasteiger partial charge in [-0.1, -0.05) is 32.0 Å². The molecular formula is C21H30FNO2. The normalized spacial score (nSPS) is 27.4. The molecule has 0 amide bonds. The lowest BCUT2D eigenvalue weighted by Crippen LogP contribution is -2.51. The molecule has 4 heteroatoms. The molecule has 1 heterocycles. The molecule has 0 unspecified atom stereocenters. The SMILES string of the molecule is CC(C)C1CCC(N2CCC(C(=O)O)(c3ccccc3F)CC2)CC1. The first kappa shape index (κ1) is 18.4. The largest absolute Gasteiger partial charge is 0.481 e. The number of carboxylic acid groups (broad SMARTS) is 1. The average Bonchev–Trinajstić information content (AvgIpc) is 2.62. The second-order valence-electron chi connectivity index (χ2n) is 8.22. The molecule has 1 saturated carbocycles. The summed E-state index contributed by atoms with van der Waals surface area (Å²) in [6.45, 7) is 6.11. The lowest BCUT2D eigenvalue weighted by molar-refractivity contribution is -0.146. The third kappa shape index (κ3) is 3.59. The van der Waals surface area contributed by atoms with Gasteiger partial charge in [-0.2, -0.15) is 0 Å². The topological polar surface area (TPSA) is 40.5 Å². The molecule has 1 N–H and O–H groups in total. The van der Waals surface area contributed by atoms with Crippen LogP contribution in [0.3, 0.4) is 0 Å². The summed E-state index contributed by atoms with van der Waals surface area (Å²) in [7, 11) is 0. The average molecular weight is 347 g/mol. The molecule has 138 valence electrons. The van der Waals surface area contributed by atoms with Crippen LogP contribution in [-0.2, 0) is 10.2 Å².